The lowest BCUT2D eigenvalue weighted by molar-refractivity contribution is 0.0938. The maximum absolute atomic E-state index is 12.7. The normalized spacial score (nSPS) is 13.5. The number of carbonyl (C=O) groups excluding carboxylic acids is 2. The van der Waals surface area contributed by atoms with Gasteiger partial charge < -0.3 is 15.7 Å². The van der Waals surface area contributed by atoms with Gasteiger partial charge in [0.2, 0.25) is 0 Å². The van der Waals surface area contributed by atoms with Crippen LogP contribution in [0.15, 0.2) is 76.5 Å². The molecule has 1 atom stereocenters. The van der Waals surface area contributed by atoms with Gasteiger partial charge in [-0.15, -0.1) is 0 Å². The van der Waals surface area contributed by atoms with E-state index in [4.69, 9.17) is 0 Å². The second-order valence-corrected chi connectivity index (χ2v) is 8.10. The van der Waals surface area contributed by atoms with Crippen molar-refractivity contribution in [2.75, 3.05) is 5.32 Å². The van der Waals surface area contributed by atoms with Gasteiger partial charge in [0.25, 0.3) is 11.8 Å². The second kappa shape index (κ2) is 8.01. The van der Waals surface area contributed by atoms with Crippen molar-refractivity contribution in [1.82, 2.24) is 5.32 Å². The zero-order valence-corrected chi connectivity index (χ0v) is 16.6. The second-order valence-electron chi connectivity index (χ2n) is 7.01. The fraction of sp³-hybridized carbons (Fsp3) is 0.130. The van der Waals surface area contributed by atoms with E-state index in [9.17, 15) is 14.7 Å². The van der Waals surface area contributed by atoms with E-state index in [1.54, 1.807) is 36.4 Å². The minimum absolute atomic E-state index is 0.115. The lowest BCUT2D eigenvalue weighted by atomic mass is 10.1. The SMILES string of the molecule is CC(Cc1cccc(O)c1)NC(=O)c1ccc2c(c1)NC(=O)c1ccccc1S2. The van der Waals surface area contributed by atoms with Gasteiger partial charge in [-0.2, -0.15) is 0 Å². The van der Waals surface area contributed by atoms with Crippen molar-refractivity contribution in [3.63, 3.8) is 0 Å². The molecule has 4 rings (SSSR count). The first-order chi connectivity index (χ1) is 14.0. The van der Waals surface area contributed by atoms with Gasteiger partial charge in [-0.25, -0.2) is 0 Å². The molecule has 3 N–H and O–H groups in total. The minimum atomic E-state index is -0.207. The molecule has 0 aliphatic carbocycles. The summed E-state index contributed by atoms with van der Waals surface area (Å²) in [5, 5.41) is 15.5. The summed E-state index contributed by atoms with van der Waals surface area (Å²) in [5.74, 6) is -0.177. The summed E-state index contributed by atoms with van der Waals surface area (Å²) in [5.41, 5.74) is 2.68. The number of carbonyl (C=O) groups is 2. The van der Waals surface area contributed by atoms with E-state index in [1.807, 2.05) is 37.3 Å². The van der Waals surface area contributed by atoms with Crippen LogP contribution in [0.1, 0.15) is 33.2 Å². The Morgan fingerprint density at radius 3 is 2.72 bits per heavy atom. The van der Waals surface area contributed by atoms with E-state index in [-0.39, 0.29) is 23.6 Å². The number of rotatable bonds is 4. The summed E-state index contributed by atoms with van der Waals surface area (Å²) in [4.78, 5) is 27.0. The van der Waals surface area contributed by atoms with Crippen molar-refractivity contribution in [2.45, 2.75) is 29.2 Å². The summed E-state index contributed by atoms with van der Waals surface area (Å²) < 4.78 is 0. The molecule has 3 aromatic carbocycles. The first-order valence-corrected chi connectivity index (χ1v) is 10.1. The fourth-order valence-electron chi connectivity index (χ4n) is 3.30. The highest BCUT2D eigenvalue weighted by Crippen LogP contribution is 2.39. The van der Waals surface area contributed by atoms with Gasteiger partial charge in [-0.05, 0) is 61.4 Å². The number of phenolic OH excluding ortho intramolecular Hbond substituents is 1. The van der Waals surface area contributed by atoms with Crippen molar-refractivity contribution in [3.05, 3.63) is 83.4 Å². The summed E-state index contributed by atoms with van der Waals surface area (Å²) in [6.07, 6.45) is 0.604. The lowest BCUT2D eigenvalue weighted by Gasteiger charge is -2.15. The molecule has 0 fully saturated rings. The monoisotopic (exact) mass is 404 g/mol. The lowest BCUT2D eigenvalue weighted by Crippen LogP contribution is -2.34. The van der Waals surface area contributed by atoms with Gasteiger partial charge in [0.1, 0.15) is 5.75 Å². The Balaban J connectivity index is 1.49. The predicted molar refractivity (Wildman–Crippen MR) is 114 cm³/mol. The van der Waals surface area contributed by atoms with Crippen molar-refractivity contribution in [3.8, 4) is 5.75 Å². The van der Waals surface area contributed by atoms with Crippen LogP contribution in [0.25, 0.3) is 0 Å². The standard InChI is InChI=1S/C23H20N2O3S/c1-14(11-15-5-4-6-17(26)12-15)24-22(27)16-9-10-21-19(13-16)25-23(28)18-7-2-3-8-20(18)29-21/h2-10,12-14,26H,11H2,1H3,(H,24,27)(H,25,28). The van der Waals surface area contributed by atoms with Crippen LogP contribution < -0.4 is 10.6 Å². The Morgan fingerprint density at radius 2 is 1.90 bits per heavy atom. The molecule has 0 aromatic heterocycles. The predicted octanol–water partition coefficient (Wildman–Crippen LogP) is 4.47. The van der Waals surface area contributed by atoms with E-state index >= 15 is 0 Å². The highest BCUT2D eigenvalue weighted by Gasteiger charge is 2.21. The average molecular weight is 404 g/mol. The third kappa shape index (κ3) is 4.27. The van der Waals surface area contributed by atoms with E-state index in [0.717, 1.165) is 15.4 Å². The van der Waals surface area contributed by atoms with Crippen LogP contribution in [0.5, 0.6) is 5.75 Å². The molecule has 146 valence electrons. The van der Waals surface area contributed by atoms with Crippen molar-refractivity contribution >= 4 is 29.3 Å². The van der Waals surface area contributed by atoms with Crippen LogP contribution in [0.2, 0.25) is 0 Å². The van der Waals surface area contributed by atoms with Crippen LogP contribution >= 0.6 is 11.8 Å². The van der Waals surface area contributed by atoms with Gasteiger partial charge in [0, 0.05) is 21.4 Å². The third-order valence-electron chi connectivity index (χ3n) is 4.67. The minimum Gasteiger partial charge on any atom is -0.508 e. The molecule has 0 bridgehead atoms. The van der Waals surface area contributed by atoms with E-state index in [0.29, 0.717) is 23.2 Å². The van der Waals surface area contributed by atoms with Gasteiger partial charge >= 0.3 is 0 Å². The maximum atomic E-state index is 12.7. The van der Waals surface area contributed by atoms with Gasteiger partial charge in [-0.1, -0.05) is 36.0 Å². The Hall–Kier alpha value is -3.25. The maximum Gasteiger partial charge on any atom is 0.256 e. The van der Waals surface area contributed by atoms with Gasteiger partial charge in [0.15, 0.2) is 0 Å². The summed E-state index contributed by atoms with van der Waals surface area (Å²) in [6.45, 7) is 1.92. The highest BCUT2D eigenvalue weighted by atomic mass is 32.2. The molecule has 6 heteroatoms. The number of anilines is 1. The Labute approximate surface area is 173 Å². The van der Waals surface area contributed by atoms with Crippen LogP contribution in [-0.2, 0) is 6.42 Å². The number of phenols is 1. The smallest absolute Gasteiger partial charge is 0.256 e. The summed E-state index contributed by atoms with van der Waals surface area (Å²) in [6, 6.07) is 19.7. The number of benzene rings is 3. The average Bonchev–Trinajstić information content (AvgIpc) is 2.83. The van der Waals surface area contributed by atoms with Crippen LogP contribution in [0.4, 0.5) is 5.69 Å². The number of aromatic hydroxyl groups is 1. The molecule has 1 unspecified atom stereocenters. The summed E-state index contributed by atoms with van der Waals surface area (Å²) in [7, 11) is 0. The molecular formula is C23H20N2O3S. The molecule has 0 radical (unpaired) electrons. The first kappa shape index (κ1) is 19.1. The molecule has 29 heavy (non-hydrogen) atoms. The number of amides is 2. The number of hydrogen-bond acceptors (Lipinski definition) is 4. The molecule has 2 amide bonds. The van der Waals surface area contributed by atoms with Crippen LogP contribution in [-0.4, -0.2) is 23.0 Å². The quantitative estimate of drug-likeness (QED) is 0.600. The number of hydrogen-bond donors (Lipinski definition) is 3. The van der Waals surface area contributed by atoms with Crippen molar-refractivity contribution in [1.29, 1.82) is 0 Å². The molecule has 0 spiro atoms. The van der Waals surface area contributed by atoms with Crippen molar-refractivity contribution in [2.24, 2.45) is 0 Å². The van der Waals surface area contributed by atoms with Crippen LogP contribution in [0.3, 0.4) is 0 Å². The molecule has 0 saturated heterocycles. The molecule has 3 aromatic rings. The Morgan fingerprint density at radius 1 is 1.07 bits per heavy atom. The molecule has 1 aliphatic rings. The zero-order valence-electron chi connectivity index (χ0n) is 15.8. The Kier molecular flexibility index (Phi) is 5.27. The Bertz CT molecular complexity index is 1100. The molecule has 1 heterocycles. The van der Waals surface area contributed by atoms with Gasteiger partial charge in [-0.3, -0.25) is 9.59 Å². The van der Waals surface area contributed by atoms with Crippen LogP contribution in [0, 0.1) is 0 Å². The molecule has 0 saturated carbocycles. The van der Waals surface area contributed by atoms with Gasteiger partial charge in [0.05, 0.1) is 11.3 Å². The molecule has 5 nitrogen and oxygen atoms in total. The zero-order chi connectivity index (χ0) is 20.4. The molecule has 1 aliphatic heterocycles. The van der Waals surface area contributed by atoms with Crippen molar-refractivity contribution < 1.29 is 14.7 Å². The number of nitrogens with one attached hydrogen (secondary N) is 2. The van der Waals surface area contributed by atoms with E-state index < -0.39 is 0 Å². The van der Waals surface area contributed by atoms with E-state index in [2.05, 4.69) is 10.6 Å². The molecular weight excluding hydrogens is 384 g/mol. The topological polar surface area (TPSA) is 78.4 Å². The summed E-state index contributed by atoms with van der Waals surface area (Å²) >= 11 is 1.51. The number of fused-ring (bicyclic) bond motifs is 2. The van der Waals surface area contributed by atoms with E-state index in [1.165, 1.54) is 11.8 Å². The largest absolute Gasteiger partial charge is 0.508 e. The first-order valence-electron chi connectivity index (χ1n) is 9.30. The fourth-order valence-corrected chi connectivity index (χ4v) is 4.31. The highest BCUT2D eigenvalue weighted by molar-refractivity contribution is 7.99. The third-order valence-corrected chi connectivity index (χ3v) is 5.82.